The Labute approximate surface area is 718 Å². The van der Waals surface area contributed by atoms with Gasteiger partial charge >= 0.3 is 18.2 Å². The monoisotopic (exact) mass is 1650 g/mol. The molecule has 0 aromatic heterocycles. The molecule has 122 heavy (non-hydrogen) atoms. The van der Waals surface area contributed by atoms with Crippen LogP contribution in [0.2, 0.25) is 0 Å². The first kappa shape index (κ1) is 84.6. The Kier molecular flexibility index (Phi) is 24.3. The second-order valence-corrected chi connectivity index (χ2v) is 37.3. The number of nitrogens with one attached hydrogen (secondary N) is 1. The normalized spacial score (nSPS) is 23.4. The Morgan fingerprint density at radius 2 is 1.00 bits per heavy atom. The number of benzene rings is 6. The molecule has 2 N–H and O–H groups in total. The van der Waals surface area contributed by atoms with E-state index in [1.165, 1.54) is 102 Å². The van der Waals surface area contributed by atoms with Crippen LogP contribution in [0.5, 0.6) is 11.5 Å². The van der Waals surface area contributed by atoms with Gasteiger partial charge in [0, 0.05) is 120 Å². The molecule has 12 aliphatic rings. The molecule has 6 aromatic carbocycles. The van der Waals surface area contributed by atoms with Crippen LogP contribution in [0.25, 0.3) is 44.5 Å². The van der Waals surface area contributed by atoms with E-state index in [0.717, 1.165) is 155 Å². The lowest BCUT2D eigenvalue weighted by molar-refractivity contribution is -0.140. The quantitative estimate of drug-likeness (QED) is 0.0924. The molecule has 20 heteroatoms. The number of amides is 5. The maximum absolute atomic E-state index is 13.9. The first-order valence-corrected chi connectivity index (χ1v) is 44.7. The number of likely N-dealkylation sites (tertiary alicyclic amines) is 4. The molecule has 2 aliphatic carbocycles. The number of carboxylic acid groups (broad SMARTS) is 1. The van der Waals surface area contributed by atoms with E-state index in [9.17, 15) is 28.8 Å². The van der Waals surface area contributed by atoms with E-state index in [1.54, 1.807) is 30.3 Å². The van der Waals surface area contributed by atoms with Crippen molar-refractivity contribution in [2.75, 3.05) is 20.2 Å². The van der Waals surface area contributed by atoms with Gasteiger partial charge in [0.15, 0.2) is 6.04 Å². The average Bonchev–Trinajstić information content (AvgIpc) is 1.34. The first-order chi connectivity index (χ1) is 58.6. The van der Waals surface area contributed by atoms with Gasteiger partial charge in [0.2, 0.25) is 17.7 Å². The molecule has 11 atom stereocenters. The Morgan fingerprint density at radius 1 is 0.525 bits per heavy atom. The van der Waals surface area contributed by atoms with Gasteiger partial charge < -0.3 is 44.1 Å². The highest BCUT2D eigenvalue weighted by Crippen LogP contribution is 2.51. The maximum atomic E-state index is 13.9. The van der Waals surface area contributed by atoms with Crippen molar-refractivity contribution in [3.8, 4) is 33.8 Å². The van der Waals surface area contributed by atoms with Gasteiger partial charge in [0.1, 0.15) is 30.3 Å². The number of carboxylic acids is 1. The largest absolute Gasteiger partial charge is 0.488 e. The molecular weight excluding hydrogens is 1530 g/mol. The third kappa shape index (κ3) is 16.9. The maximum Gasteiger partial charge on any atom is 0.410 e. The zero-order chi connectivity index (χ0) is 85.9. The molecule has 20 nitrogen and oxygen atoms in total. The number of carbonyl (C=O) groups excluding carboxylic acids is 5. The second kappa shape index (κ2) is 35.1. The summed E-state index contributed by atoms with van der Waals surface area (Å²) in [5, 5.41) is 11.1. The van der Waals surface area contributed by atoms with Crippen LogP contribution in [-0.4, -0.2) is 145 Å². The minimum atomic E-state index is -1.13. The van der Waals surface area contributed by atoms with Crippen LogP contribution < -0.4 is 14.8 Å². The average molecular weight is 1650 g/mol. The van der Waals surface area contributed by atoms with Crippen molar-refractivity contribution in [3.05, 3.63) is 201 Å². The number of ether oxygens (including phenoxy) is 4. The van der Waals surface area contributed by atoms with Crippen molar-refractivity contribution in [3.63, 3.8) is 0 Å². The highest BCUT2D eigenvalue weighted by Gasteiger charge is 2.46. The van der Waals surface area contributed by atoms with Gasteiger partial charge in [-0.15, -0.1) is 0 Å². The lowest BCUT2D eigenvalue weighted by Crippen LogP contribution is -2.47. The number of aliphatic imine (C=N–C) groups is 4. The summed E-state index contributed by atoms with van der Waals surface area (Å²) in [6.07, 6.45) is 17.9. The minimum absolute atomic E-state index is 0.00885. The number of hydrogen-bond acceptors (Lipinski definition) is 14. The van der Waals surface area contributed by atoms with E-state index in [-0.39, 0.29) is 77.8 Å². The standard InChI is InChI=1S/C49H56N4O3.C43H52N4O4.C10H11NO4/c1-7-32-19-46(52(26-32)48(54)31(6)33-11-9-8-10-12-33)43-22-36(25-50-43)34-14-16-38-37(20-34)27-56-47-24-39-35(21-41(38)47)15-17-42-40(39)23-44(51-42)45-18-13-29(4)53(45)49(55)30(5)28(2)3;1-8-26-15-39(46(22-26)42(49)51-43(5,6)7)36-18-29(21-44-36)27-10-12-31-30(16-27)23-50-40-20-32-28(17-34(31)40)11-13-35-33(32)19-37(45-35)38-14-9-25(4)47(38)41(48)24(2)3;1-15-10(14)11-8(9(12)13)7-5-3-2-4-6-7/h8-12,14,16,20-21,24-25,28-32,45-46H,7,13,15,17-19,22-23,26-27H2,1-6H3;10,12,16-17,20-21,24-26,38-39H,8-9,11,13-15,18-19,22-23H2,1-7H3;2-6,8H,1H3,(H,11,14)(H,12,13)/t29-,30-,31+,32-,45-,46-;25-,26-,38-,39-;/m00./s1. The minimum Gasteiger partial charge on any atom is -0.488 e. The number of alkyl carbamates (subject to hydrolysis) is 1. The van der Waals surface area contributed by atoms with E-state index in [1.807, 2.05) is 77.0 Å². The fourth-order valence-electron chi connectivity index (χ4n) is 20.4. The summed E-state index contributed by atoms with van der Waals surface area (Å²) in [5.74, 6) is 2.54. The third-order valence-corrected chi connectivity index (χ3v) is 27.7. The van der Waals surface area contributed by atoms with Crippen molar-refractivity contribution in [2.45, 2.75) is 260 Å². The first-order valence-electron chi connectivity index (χ1n) is 44.7. The molecule has 1 unspecified atom stereocenters. The summed E-state index contributed by atoms with van der Waals surface area (Å²) in [6, 6.07) is 41.0. The van der Waals surface area contributed by atoms with Crippen molar-refractivity contribution < 1.29 is 52.8 Å². The number of rotatable bonds is 16. The molecule has 638 valence electrons. The fourth-order valence-corrected chi connectivity index (χ4v) is 20.4. The summed E-state index contributed by atoms with van der Waals surface area (Å²) in [7, 11) is 1.18. The summed E-state index contributed by atoms with van der Waals surface area (Å²) in [5.41, 5.74) is 27.7. The number of methoxy groups -OCH3 is 1. The molecule has 18 rings (SSSR count). The molecule has 0 saturated carbocycles. The molecular formula is C102H119N9O11. The molecule has 4 fully saturated rings. The molecule has 4 saturated heterocycles. The molecule has 0 radical (unpaired) electrons. The van der Waals surface area contributed by atoms with Crippen LogP contribution in [-0.2, 0) is 54.7 Å². The van der Waals surface area contributed by atoms with Crippen LogP contribution in [0, 0.1) is 29.6 Å². The van der Waals surface area contributed by atoms with Crippen LogP contribution in [0.4, 0.5) is 9.59 Å². The van der Waals surface area contributed by atoms with Crippen molar-refractivity contribution in [2.24, 2.45) is 49.6 Å². The van der Waals surface area contributed by atoms with Crippen LogP contribution in [0.15, 0.2) is 165 Å². The summed E-state index contributed by atoms with van der Waals surface area (Å²) >= 11 is 0. The van der Waals surface area contributed by atoms with E-state index >= 15 is 0 Å². The van der Waals surface area contributed by atoms with E-state index in [2.05, 4.69) is 146 Å². The van der Waals surface area contributed by atoms with Gasteiger partial charge in [-0.1, -0.05) is 146 Å². The molecule has 0 bridgehead atoms. The molecule has 6 aromatic rings. The van der Waals surface area contributed by atoms with E-state index in [4.69, 9.17) is 39.3 Å². The number of nitrogens with zero attached hydrogens (tertiary/aromatic N) is 8. The number of aryl methyl sites for hydroxylation is 2. The van der Waals surface area contributed by atoms with Crippen molar-refractivity contribution in [1.29, 1.82) is 0 Å². The topological polar surface area (TPSA) is 234 Å². The van der Waals surface area contributed by atoms with Gasteiger partial charge in [-0.2, -0.15) is 0 Å². The Morgan fingerprint density at radius 3 is 1.46 bits per heavy atom. The van der Waals surface area contributed by atoms with Gasteiger partial charge in [0.05, 0.1) is 37.2 Å². The second-order valence-electron chi connectivity index (χ2n) is 37.3. The van der Waals surface area contributed by atoms with E-state index in [0.29, 0.717) is 43.1 Å². The number of carbonyl (C=O) groups is 6. The van der Waals surface area contributed by atoms with Crippen molar-refractivity contribution in [1.82, 2.24) is 24.9 Å². The van der Waals surface area contributed by atoms with Crippen molar-refractivity contribution >= 4 is 81.0 Å². The predicted octanol–water partition coefficient (Wildman–Crippen LogP) is 20.2. The number of aliphatic carboxylic acids is 1. The van der Waals surface area contributed by atoms with Gasteiger partial charge in [-0.25, -0.2) is 14.4 Å². The Hall–Kier alpha value is -11.0. The lowest BCUT2D eigenvalue weighted by atomic mass is 9.83. The van der Waals surface area contributed by atoms with Gasteiger partial charge in [-0.3, -0.25) is 39.3 Å². The summed E-state index contributed by atoms with van der Waals surface area (Å²) < 4.78 is 23.2. The van der Waals surface area contributed by atoms with Gasteiger partial charge in [-0.05, 0) is 249 Å². The zero-order valence-electron chi connectivity index (χ0n) is 73.5. The SMILES string of the molecule is CC[C@H]1C[C@@H](C2=NC=C(c3ccc4c(c3)COc3cc5c(cc3-4)CCC3=C5CC([C@@H]4CC[C@H](C)N4C(=O)C(C)C)=N3)C2)N(C(=O)OC(C)(C)C)C1.CC[C@H]1C[C@@H](C2=NC=C(c3ccc4c(c3)COc3cc5c(cc3-4)CCC3=C5CC([C@@H]4CC[C@H](C)N4C(=O)[C@@H](C)C(C)C)=N3)C2)N(C(=O)[C@H](C)c2ccccc2)C1.COC(=O)NC(C(=O)O)c1ccccc1. The highest BCUT2D eigenvalue weighted by molar-refractivity contribution is 6.08. The highest BCUT2D eigenvalue weighted by atomic mass is 16.6. The molecule has 5 amide bonds. The number of allylic oxidation sites excluding steroid dienone is 6. The Bertz CT molecular complexity index is 5410. The molecule has 10 aliphatic heterocycles. The predicted molar refractivity (Wildman–Crippen MR) is 481 cm³/mol. The summed E-state index contributed by atoms with van der Waals surface area (Å²) in [4.78, 5) is 104. The van der Waals surface area contributed by atoms with Crippen LogP contribution in [0.3, 0.4) is 0 Å². The van der Waals surface area contributed by atoms with Crippen LogP contribution >= 0.6 is 0 Å². The smallest absolute Gasteiger partial charge is 0.410 e. The molecule has 10 heterocycles. The lowest BCUT2D eigenvalue weighted by Gasteiger charge is -2.32. The van der Waals surface area contributed by atoms with Gasteiger partial charge in [0.25, 0.3) is 0 Å². The number of hydrogen-bond donors (Lipinski definition) is 2. The Balaban J connectivity index is 0.000000155. The third-order valence-electron chi connectivity index (χ3n) is 27.7. The molecule has 0 spiro atoms. The number of fused-ring (bicyclic) bond motifs is 10. The zero-order valence-corrected chi connectivity index (χ0v) is 73.5. The van der Waals surface area contributed by atoms with Crippen LogP contribution in [0.1, 0.15) is 247 Å². The fraction of sp³-hybridized carbons (Fsp3) is 0.471. The van der Waals surface area contributed by atoms with E-state index < -0.39 is 23.7 Å². The summed E-state index contributed by atoms with van der Waals surface area (Å²) in [6.45, 7) is 29.5.